The van der Waals surface area contributed by atoms with Crippen LogP contribution in [-0.4, -0.2) is 30.1 Å². The Kier molecular flexibility index (Phi) is 5.83. The fourth-order valence-corrected chi connectivity index (χ4v) is 4.22. The number of nitrogens with zero attached hydrogens (tertiary/aromatic N) is 3. The van der Waals surface area contributed by atoms with Crippen LogP contribution in [0.4, 0.5) is 5.13 Å². The third-order valence-electron chi connectivity index (χ3n) is 4.50. The fraction of sp³-hybridized carbons (Fsp3) is 0.136. The summed E-state index contributed by atoms with van der Waals surface area (Å²) in [6.07, 6.45) is 1.69. The van der Waals surface area contributed by atoms with Crippen LogP contribution in [-0.2, 0) is 6.54 Å². The molecule has 0 bridgehead atoms. The summed E-state index contributed by atoms with van der Waals surface area (Å²) in [7, 11) is 3.12. The summed E-state index contributed by atoms with van der Waals surface area (Å²) in [4.78, 5) is 24.3. The zero-order valence-electron chi connectivity index (χ0n) is 16.3. The van der Waals surface area contributed by atoms with E-state index in [4.69, 9.17) is 26.1 Å². The maximum atomic E-state index is 13.6. The molecule has 4 aromatic rings. The number of rotatable bonds is 6. The van der Waals surface area contributed by atoms with Crippen molar-refractivity contribution in [2.75, 3.05) is 19.1 Å². The van der Waals surface area contributed by atoms with Crippen molar-refractivity contribution in [2.45, 2.75) is 6.54 Å². The fourth-order valence-electron chi connectivity index (χ4n) is 3.06. The van der Waals surface area contributed by atoms with E-state index < -0.39 is 0 Å². The standard InChI is InChI=1S/C22H18ClN3O3S/c1-28-17-10-9-14(23)12-16(17)21(27)26(13-15-6-3-4-11-24-15)22-25-20-18(29-2)7-5-8-19(20)30-22/h3-12H,13H2,1-2H3. The molecule has 2 heterocycles. The molecule has 0 aliphatic heterocycles. The minimum atomic E-state index is -0.280. The van der Waals surface area contributed by atoms with Gasteiger partial charge in [0, 0.05) is 11.2 Å². The van der Waals surface area contributed by atoms with Crippen LogP contribution in [0.2, 0.25) is 5.02 Å². The highest BCUT2D eigenvalue weighted by Gasteiger charge is 2.25. The van der Waals surface area contributed by atoms with Crippen LogP contribution in [0.5, 0.6) is 11.5 Å². The van der Waals surface area contributed by atoms with E-state index in [-0.39, 0.29) is 12.5 Å². The molecule has 0 aliphatic carbocycles. The van der Waals surface area contributed by atoms with E-state index in [0.717, 1.165) is 10.4 Å². The van der Waals surface area contributed by atoms with Crippen LogP contribution >= 0.6 is 22.9 Å². The number of para-hydroxylation sites is 1. The van der Waals surface area contributed by atoms with Gasteiger partial charge < -0.3 is 9.47 Å². The number of pyridine rings is 1. The van der Waals surface area contributed by atoms with E-state index in [1.54, 1.807) is 36.4 Å². The van der Waals surface area contributed by atoms with E-state index in [0.29, 0.717) is 32.7 Å². The molecule has 0 spiro atoms. The van der Waals surface area contributed by atoms with Crippen molar-refractivity contribution in [1.29, 1.82) is 0 Å². The summed E-state index contributed by atoms with van der Waals surface area (Å²) in [5, 5.41) is 0.982. The molecule has 0 aliphatic rings. The number of amides is 1. The molecule has 8 heteroatoms. The van der Waals surface area contributed by atoms with Gasteiger partial charge in [0.15, 0.2) is 5.13 Å². The molecule has 0 unspecified atom stereocenters. The zero-order chi connectivity index (χ0) is 21.1. The minimum absolute atomic E-state index is 0.247. The van der Waals surface area contributed by atoms with Crippen LogP contribution in [0, 0.1) is 0 Å². The lowest BCUT2D eigenvalue weighted by Crippen LogP contribution is -2.31. The topological polar surface area (TPSA) is 64.5 Å². The molecule has 152 valence electrons. The lowest BCUT2D eigenvalue weighted by Gasteiger charge is -2.21. The zero-order valence-corrected chi connectivity index (χ0v) is 17.9. The Morgan fingerprint density at radius 1 is 1.07 bits per heavy atom. The lowest BCUT2D eigenvalue weighted by atomic mass is 10.1. The first-order valence-corrected chi connectivity index (χ1v) is 10.3. The SMILES string of the molecule is COc1ccc(Cl)cc1C(=O)N(Cc1ccccn1)c1nc2c(OC)cccc2s1. The van der Waals surface area contributed by atoms with E-state index in [1.807, 2.05) is 36.4 Å². The summed E-state index contributed by atoms with van der Waals surface area (Å²) in [6.45, 7) is 0.247. The van der Waals surface area contributed by atoms with Gasteiger partial charge in [0.05, 0.1) is 36.7 Å². The number of methoxy groups -OCH3 is 2. The number of hydrogen-bond donors (Lipinski definition) is 0. The van der Waals surface area contributed by atoms with E-state index >= 15 is 0 Å². The number of fused-ring (bicyclic) bond motifs is 1. The molecule has 2 aromatic heterocycles. The van der Waals surface area contributed by atoms with Crippen LogP contribution in [0.25, 0.3) is 10.2 Å². The molecule has 4 rings (SSSR count). The Bertz CT molecular complexity index is 1200. The van der Waals surface area contributed by atoms with Gasteiger partial charge in [0.1, 0.15) is 17.0 Å². The van der Waals surface area contributed by atoms with Gasteiger partial charge in [-0.3, -0.25) is 14.7 Å². The Balaban J connectivity index is 1.83. The summed E-state index contributed by atoms with van der Waals surface area (Å²) in [5.74, 6) is 0.813. The molecule has 0 saturated heterocycles. The first kappa shape index (κ1) is 20.1. The van der Waals surface area contributed by atoms with Gasteiger partial charge in [-0.2, -0.15) is 0 Å². The second kappa shape index (κ2) is 8.69. The number of hydrogen-bond acceptors (Lipinski definition) is 6. The summed E-state index contributed by atoms with van der Waals surface area (Å²) >= 11 is 7.57. The first-order chi connectivity index (χ1) is 14.6. The third-order valence-corrected chi connectivity index (χ3v) is 5.78. The predicted molar refractivity (Wildman–Crippen MR) is 119 cm³/mol. The number of thiazole rings is 1. The second-order valence-electron chi connectivity index (χ2n) is 6.36. The summed E-state index contributed by atoms with van der Waals surface area (Å²) in [5.41, 5.74) is 1.79. The van der Waals surface area contributed by atoms with Crippen molar-refractivity contribution < 1.29 is 14.3 Å². The minimum Gasteiger partial charge on any atom is -0.496 e. The van der Waals surface area contributed by atoms with Gasteiger partial charge >= 0.3 is 0 Å². The third kappa shape index (κ3) is 3.94. The summed E-state index contributed by atoms with van der Waals surface area (Å²) in [6, 6.07) is 16.2. The molecule has 0 fully saturated rings. The highest BCUT2D eigenvalue weighted by molar-refractivity contribution is 7.22. The van der Waals surface area contributed by atoms with Gasteiger partial charge in [0.25, 0.3) is 5.91 Å². The average Bonchev–Trinajstić information content (AvgIpc) is 3.21. The average molecular weight is 440 g/mol. The molecule has 0 atom stereocenters. The normalized spacial score (nSPS) is 10.8. The van der Waals surface area contributed by atoms with Crippen LogP contribution in [0.15, 0.2) is 60.8 Å². The number of anilines is 1. The first-order valence-electron chi connectivity index (χ1n) is 9.09. The molecule has 6 nitrogen and oxygen atoms in total. The van der Waals surface area contributed by atoms with Crippen molar-refractivity contribution >= 4 is 44.2 Å². The Labute approximate surface area is 182 Å². The Morgan fingerprint density at radius 3 is 2.63 bits per heavy atom. The quantitative estimate of drug-likeness (QED) is 0.412. The molecule has 0 radical (unpaired) electrons. The van der Waals surface area contributed by atoms with Gasteiger partial charge in [-0.25, -0.2) is 4.98 Å². The van der Waals surface area contributed by atoms with Crippen molar-refractivity contribution in [1.82, 2.24) is 9.97 Å². The van der Waals surface area contributed by atoms with E-state index in [2.05, 4.69) is 4.98 Å². The number of ether oxygens (including phenoxy) is 2. The highest BCUT2D eigenvalue weighted by Crippen LogP contribution is 2.36. The number of halogens is 1. The maximum absolute atomic E-state index is 13.6. The van der Waals surface area contributed by atoms with Crippen molar-refractivity contribution in [2.24, 2.45) is 0 Å². The number of carbonyl (C=O) groups is 1. The van der Waals surface area contributed by atoms with Crippen LogP contribution in [0.1, 0.15) is 16.1 Å². The molecule has 0 N–H and O–H groups in total. The van der Waals surface area contributed by atoms with Gasteiger partial charge in [-0.15, -0.1) is 0 Å². The maximum Gasteiger partial charge on any atom is 0.264 e. The predicted octanol–water partition coefficient (Wildman–Crippen LogP) is 5.21. The molecule has 30 heavy (non-hydrogen) atoms. The monoisotopic (exact) mass is 439 g/mol. The van der Waals surface area contributed by atoms with Crippen molar-refractivity contribution in [3.63, 3.8) is 0 Å². The van der Waals surface area contributed by atoms with Gasteiger partial charge in [0.2, 0.25) is 0 Å². The number of carbonyl (C=O) groups excluding carboxylic acids is 1. The number of benzene rings is 2. The molecule has 2 aromatic carbocycles. The number of aromatic nitrogens is 2. The van der Waals surface area contributed by atoms with E-state index in [9.17, 15) is 4.79 Å². The second-order valence-corrected chi connectivity index (χ2v) is 7.81. The van der Waals surface area contributed by atoms with Crippen molar-refractivity contribution in [3.05, 3.63) is 77.1 Å². The summed E-state index contributed by atoms with van der Waals surface area (Å²) < 4.78 is 11.7. The lowest BCUT2D eigenvalue weighted by molar-refractivity contribution is 0.0982. The highest BCUT2D eigenvalue weighted by atomic mass is 35.5. The smallest absolute Gasteiger partial charge is 0.264 e. The molecule has 1 amide bonds. The van der Waals surface area contributed by atoms with E-state index in [1.165, 1.54) is 18.4 Å². The Morgan fingerprint density at radius 2 is 1.90 bits per heavy atom. The van der Waals surface area contributed by atoms with Crippen molar-refractivity contribution in [3.8, 4) is 11.5 Å². The largest absolute Gasteiger partial charge is 0.496 e. The van der Waals surface area contributed by atoms with Gasteiger partial charge in [-0.05, 0) is 42.5 Å². The molecular formula is C22H18ClN3O3S. The van der Waals surface area contributed by atoms with Crippen LogP contribution < -0.4 is 14.4 Å². The van der Waals surface area contributed by atoms with Crippen LogP contribution in [0.3, 0.4) is 0 Å². The molecule has 0 saturated carbocycles. The van der Waals surface area contributed by atoms with Gasteiger partial charge in [-0.1, -0.05) is 35.1 Å². The Hall–Kier alpha value is -3.16. The molecular weight excluding hydrogens is 422 g/mol.